The zero-order valence-electron chi connectivity index (χ0n) is 13.1. The largest absolute Gasteiger partial charge is 0.341 e. The molecule has 2 N–H and O–H groups in total. The predicted octanol–water partition coefficient (Wildman–Crippen LogP) is 1.55. The van der Waals surface area contributed by atoms with Crippen molar-refractivity contribution in [3.63, 3.8) is 0 Å². The maximum absolute atomic E-state index is 12.9. The number of hydrogen-bond donors (Lipinski definition) is 1. The number of nitrogens with zero attached hydrogens (tertiary/aromatic N) is 2. The van der Waals surface area contributed by atoms with Gasteiger partial charge in [-0.1, -0.05) is 26.7 Å². The third kappa shape index (κ3) is 4.46. The number of nitrogens with two attached hydrogens (primary N) is 1. The van der Waals surface area contributed by atoms with Crippen molar-refractivity contribution >= 4 is 5.91 Å². The normalized spacial score (nSPS) is 18.3. The Hall–Kier alpha value is -0.610. The lowest BCUT2D eigenvalue weighted by Gasteiger charge is -2.35. The fourth-order valence-corrected chi connectivity index (χ4v) is 2.93. The van der Waals surface area contributed by atoms with Crippen LogP contribution in [-0.2, 0) is 4.79 Å². The fraction of sp³-hybridized carbons (Fsp3) is 0.933. The molecule has 0 aliphatic heterocycles. The van der Waals surface area contributed by atoms with Gasteiger partial charge < -0.3 is 15.5 Å². The van der Waals surface area contributed by atoms with Crippen molar-refractivity contribution in [2.45, 2.75) is 39.5 Å². The van der Waals surface area contributed by atoms with E-state index in [4.69, 9.17) is 5.73 Å². The summed E-state index contributed by atoms with van der Waals surface area (Å²) in [6.45, 7) is 7.40. The van der Waals surface area contributed by atoms with Crippen LogP contribution in [0.3, 0.4) is 0 Å². The molecule has 0 aromatic heterocycles. The van der Waals surface area contributed by atoms with Gasteiger partial charge in [0.2, 0.25) is 5.91 Å². The molecule has 0 atom stereocenters. The first-order chi connectivity index (χ1) is 8.91. The van der Waals surface area contributed by atoms with Crippen molar-refractivity contribution in [2.75, 3.05) is 40.3 Å². The van der Waals surface area contributed by atoms with Gasteiger partial charge in [-0.15, -0.1) is 0 Å². The Balaban J connectivity index is 2.74. The molecule has 0 aromatic carbocycles. The molecule has 1 rings (SSSR count). The average Bonchev–Trinajstić information content (AvgIpc) is 2.83. The van der Waals surface area contributed by atoms with Gasteiger partial charge in [0.25, 0.3) is 0 Å². The zero-order chi connectivity index (χ0) is 14.5. The third-order valence-electron chi connectivity index (χ3n) is 4.09. The predicted molar refractivity (Wildman–Crippen MR) is 79.9 cm³/mol. The molecular formula is C15H31N3O. The van der Waals surface area contributed by atoms with Crippen LogP contribution in [0.4, 0.5) is 0 Å². The molecule has 0 bridgehead atoms. The van der Waals surface area contributed by atoms with E-state index in [9.17, 15) is 4.79 Å². The molecule has 1 fully saturated rings. The zero-order valence-corrected chi connectivity index (χ0v) is 13.1. The summed E-state index contributed by atoms with van der Waals surface area (Å²) in [5.74, 6) is 0.797. The lowest BCUT2D eigenvalue weighted by molar-refractivity contribution is -0.142. The summed E-state index contributed by atoms with van der Waals surface area (Å²) in [5, 5.41) is 0. The van der Waals surface area contributed by atoms with Crippen LogP contribution in [0.5, 0.6) is 0 Å². The van der Waals surface area contributed by atoms with Gasteiger partial charge in [-0.3, -0.25) is 4.79 Å². The monoisotopic (exact) mass is 269 g/mol. The van der Waals surface area contributed by atoms with Gasteiger partial charge in [-0.25, -0.2) is 0 Å². The molecule has 112 valence electrons. The quantitative estimate of drug-likeness (QED) is 0.763. The highest BCUT2D eigenvalue weighted by atomic mass is 16.2. The van der Waals surface area contributed by atoms with Gasteiger partial charge in [-0.2, -0.15) is 0 Å². The molecule has 0 radical (unpaired) electrons. The first-order valence-corrected chi connectivity index (χ1v) is 7.55. The van der Waals surface area contributed by atoms with Crippen LogP contribution in [-0.4, -0.2) is 56.0 Å². The second kappa shape index (κ2) is 7.25. The molecule has 0 unspecified atom stereocenters. The fourth-order valence-electron chi connectivity index (χ4n) is 2.93. The van der Waals surface area contributed by atoms with Gasteiger partial charge in [0.1, 0.15) is 0 Å². The lowest BCUT2D eigenvalue weighted by Crippen LogP contribution is -2.49. The van der Waals surface area contributed by atoms with Crippen LogP contribution >= 0.6 is 0 Å². The summed E-state index contributed by atoms with van der Waals surface area (Å²) in [7, 11) is 4.10. The first-order valence-electron chi connectivity index (χ1n) is 7.55. The SMILES string of the molecule is CC(C)CN(CCN(C)C)C(=O)C1(CN)CCCC1. The second-order valence-electron chi connectivity index (χ2n) is 6.64. The summed E-state index contributed by atoms with van der Waals surface area (Å²) < 4.78 is 0. The molecule has 0 spiro atoms. The minimum atomic E-state index is -0.263. The maximum atomic E-state index is 12.9. The van der Waals surface area contributed by atoms with E-state index < -0.39 is 0 Å². The van der Waals surface area contributed by atoms with E-state index in [1.807, 2.05) is 19.0 Å². The molecular weight excluding hydrogens is 238 g/mol. The number of carbonyl (C=O) groups excluding carboxylic acids is 1. The van der Waals surface area contributed by atoms with Gasteiger partial charge in [-0.05, 0) is 32.9 Å². The highest BCUT2D eigenvalue weighted by Gasteiger charge is 2.42. The average molecular weight is 269 g/mol. The van der Waals surface area contributed by atoms with Crippen LogP contribution < -0.4 is 5.73 Å². The van der Waals surface area contributed by atoms with Crippen molar-refractivity contribution in [3.8, 4) is 0 Å². The molecule has 1 aliphatic carbocycles. The minimum absolute atomic E-state index is 0.263. The Morgan fingerprint density at radius 3 is 2.21 bits per heavy atom. The molecule has 1 saturated carbocycles. The Morgan fingerprint density at radius 1 is 1.21 bits per heavy atom. The summed E-state index contributed by atoms with van der Waals surface area (Å²) in [5.41, 5.74) is 5.67. The van der Waals surface area contributed by atoms with Gasteiger partial charge in [0.15, 0.2) is 0 Å². The van der Waals surface area contributed by atoms with Gasteiger partial charge in [0.05, 0.1) is 5.41 Å². The number of rotatable bonds is 7. The van der Waals surface area contributed by atoms with Crippen molar-refractivity contribution in [2.24, 2.45) is 17.1 Å². The molecule has 19 heavy (non-hydrogen) atoms. The van der Waals surface area contributed by atoms with Crippen molar-refractivity contribution in [3.05, 3.63) is 0 Å². The lowest BCUT2D eigenvalue weighted by atomic mass is 9.84. The van der Waals surface area contributed by atoms with E-state index in [1.54, 1.807) is 0 Å². The molecule has 1 amide bonds. The number of amides is 1. The van der Waals surface area contributed by atoms with Crippen LogP contribution in [0, 0.1) is 11.3 Å². The van der Waals surface area contributed by atoms with E-state index in [-0.39, 0.29) is 5.41 Å². The van der Waals surface area contributed by atoms with Crippen LogP contribution in [0.15, 0.2) is 0 Å². The van der Waals surface area contributed by atoms with Crippen molar-refractivity contribution in [1.29, 1.82) is 0 Å². The van der Waals surface area contributed by atoms with E-state index in [1.165, 1.54) is 0 Å². The molecule has 1 aliphatic rings. The van der Waals surface area contributed by atoms with Gasteiger partial charge >= 0.3 is 0 Å². The Labute approximate surface area is 118 Å². The van der Waals surface area contributed by atoms with Crippen LogP contribution in [0.25, 0.3) is 0 Å². The van der Waals surface area contributed by atoms with E-state index in [0.29, 0.717) is 18.4 Å². The molecule has 0 heterocycles. The summed E-state index contributed by atoms with van der Waals surface area (Å²) in [4.78, 5) is 17.0. The molecule has 4 nitrogen and oxygen atoms in total. The Morgan fingerprint density at radius 2 is 1.79 bits per heavy atom. The standard InChI is InChI=1S/C15H31N3O/c1-13(2)11-18(10-9-17(3)4)14(19)15(12-16)7-5-6-8-15/h13H,5-12,16H2,1-4H3. The number of likely N-dealkylation sites (N-methyl/N-ethyl adjacent to an activating group) is 1. The Bertz CT molecular complexity index is 283. The number of carbonyl (C=O) groups is 1. The Kier molecular flexibility index (Phi) is 6.27. The van der Waals surface area contributed by atoms with Crippen LogP contribution in [0.1, 0.15) is 39.5 Å². The molecule has 0 aromatic rings. The third-order valence-corrected chi connectivity index (χ3v) is 4.09. The molecule has 0 saturated heterocycles. The summed E-state index contributed by atoms with van der Waals surface area (Å²) in [6.07, 6.45) is 4.23. The van der Waals surface area contributed by atoms with Crippen molar-refractivity contribution in [1.82, 2.24) is 9.80 Å². The second-order valence-corrected chi connectivity index (χ2v) is 6.64. The first kappa shape index (κ1) is 16.4. The topological polar surface area (TPSA) is 49.6 Å². The summed E-state index contributed by atoms with van der Waals surface area (Å²) >= 11 is 0. The highest BCUT2D eigenvalue weighted by molar-refractivity contribution is 5.83. The smallest absolute Gasteiger partial charge is 0.230 e. The van der Waals surface area contributed by atoms with Crippen LogP contribution in [0.2, 0.25) is 0 Å². The van der Waals surface area contributed by atoms with E-state index >= 15 is 0 Å². The maximum Gasteiger partial charge on any atom is 0.230 e. The van der Waals surface area contributed by atoms with Gasteiger partial charge in [0, 0.05) is 26.2 Å². The van der Waals surface area contributed by atoms with E-state index in [0.717, 1.165) is 45.3 Å². The van der Waals surface area contributed by atoms with Crippen molar-refractivity contribution < 1.29 is 4.79 Å². The summed E-state index contributed by atoms with van der Waals surface area (Å²) in [6, 6.07) is 0. The highest BCUT2D eigenvalue weighted by Crippen LogP contribution is 2.38. The van der Waals surface area contributed by atoms with E-state index in [2.05, 4.69) is 18.7 Å². The molecule has 4 heteroatoms. The number of hydrogen-bond acceptors (Lipinski definition) is 3. The minimum Gasteiger partial charge on any atom is -0.341 e.